The van der Waals surface area contributed by atoms with Crippen LogP contribution >= 0.6 is 11.8 Å². The minimum absolute atomic E-state index is 0.123. The van der Waals surface area contributed by atoms with Crippen molar-refractivity contribution in [3.63, 3.8) is 0 Å². The van der Waals surface area contributed by atoms with Crippen LogP contribution in [-0.2, 0) is 4.79 Å². The first-order valence-electron chi connectivity index (χ1n) is 8.15. The molecule has 1 aliphatic rings. The third-order valence-electron chi connectivity index (χ3n) is 3.71. The Bertz CT molecular complexity index is 854. The molecule has 25 heavy (non-hydrogen) atoms. The van der Waals surface area contributed by atoms with Gasteiger partial charge >= 0.3 is 0 Å². The van der Waals surface area contributed by atoms with Gasteiger partial charge in [-0.1, -0.05) is 29.8 Å². The molecule has 0 aliphatic carbocycles. The Balaban J connectivity index is 1.78. The lowest BCUT2D eigenvalue weighted by Crippen LogP contribution is -2.19. The van der Waals surface area contributed by atoms with Crippen LogP contribution in [0, 0.1) is 13.8 Å². The number of benzene rings is 2. The van der Waals surface area contributed by atoms with Crippen LogP contribution < -0.4 is 10.1 Å². The number of nitrogens with zero attached hydrogens (tertiary/aromatic N) is 1. The maximum atomic E-state index is 12.2. The zero-order chi connectivity index (χ0) is 17.8. The fourth-order valence-electron chi connectivity index (χ4n) is 2.50. The Morgan fingerprint density at radius 3 is 2.60 bits per heavy atom. The van der Waals surface area contributed by atoms with E-state index in [-0.39, 0.29) is 5.91 Å². The van der Waals surface area contributed by atoms with E-state index in [1.807, 2.05) is 63.2 Å². The number of hydrogen-bond acceptors (Lipinski definition) is 4. The number of hydrogen-bond donors (Lipinski definition) is 1. The number of aryl methyl sites for hydroxylation is 2. The van der Waals surface area contributed by atoms with E-state index in [9.17, 15) is 4.79 Å². The molecule has 0 saturated carbocycles. The van der Waals surface area contributed by atoms with Crippen LogP contribution in [0.3, 0.4) is 0 Å². The fraction of sp³-hybridized carbons (Fsp3) is 0.200. The molecule has 4 nitrogen and oxygen atoms in total. The lowest BCUT2D eigenvalue weighted by molar-refractivity contribution is -0.115. The van der Waals surface area contributed by atoms with Crippen LogP contribution in [0.15, 0.2) is 52.4 Å². The second-order valence-electron chi connectivity index (χ2n) is 5.77. The number of carbonyl (C=O) groups is 1. The predicted octanol–water partition coefficient (Wildman–Crippen LogP) is 4.59. The number of amidine groups is 1. The minimum Gasteiger partial charge on any atom is -0.494 e. The Morgan fingerprint density at radius 2 is 1.92 bits per heavy atom. The molecule has 1 fully saturated rings. The fourth-order valence-corrected chi connectivity index (χ4v) is 3.33. The van der Waals surface area contributed by atoms with Gasteiger partial charge in [0.05, 0.1) is 17.2 Å². The summed E-state index contributed by atoms with van der Waals surface area (Å²) in [5.41, 5.74) is 4.11. The van der Waals surface area contributed by atoms with Crippen molar-refractivity contribution < 1.29 is 9.53 Å². The van der Waals surface area contributed by atoms with Gasteiger partial charge in [0, 0.05) is 0 Å². The van der Waals surface area contributed by atoms with Gasteiger partial charge in [0.15, 0.2) is 5.17 Å². The lowest BCUT2D eigenvalue weighted by Gasteiger charge is -2.02. The second-order valence-corrected chi connectivity index (χ2v) is 6.80. The molecular weight excluding hydrogens is 332 g/mol. The van der Waals surface area contributed by atoms with Crippen LogP contribution in [0.5, 0.6) is 5.75 Å². The number of nitrogens with one attached hydrogen (secondary N) is 1. The van der Waals surface area contributed by atoms with Gasteiger partial charge in [0.1, 0.15) is 5.75 Å². The highest BCUT2D eigenvalue weighted by atomic mass is 32.2. The van der Waals surface area contributed by atoms with Gasteiger partial charge in [0.2, 0.25) is 0 Å². The summed E-state index contributed by atoms with van der Waals surface area (Å²) in [5.74, 6) is 0.702. The van der Waals surface area contributed by atoms with Crippen molar-refractivity contribution in [1.82, 2.24) is 5.32 Å². The normalized spacial score (nSPS) is 17.2. The van der Waals surface area contributed by atoms with Crippen LogP contribution in [-0.4, -0.2) is 17.7 Å². The Hall–Kier alpha value is -2.53. The Morgan fingerprint density at radius 1 is 1.16 bits per heavy atom. The topological polar surface area (TPSA) is 50.7 Å². The number of ether oxygens (including phenoxy) is 1. The van der Waals surface area contributed by atoms with Crippen molar-refractivity contribution >= 4 is 34.6 Å². The Kier molecular flexibility index (Phi) is 5.24. The van der Waals surface area contributed by atoms with Gasteiger partial charge in [-0.3, -0.25) is 4.79 Å². The molecule has 1 N–H and O–H groups in total. The van der Waals surface area contributed by atoms with Crippen molar-refractivity contribution in [3.8, 4) is 5.75 Å². The SMILES string of the molecule is CCOc1ccc(/C=C2\SC(=Nc3ccc(C)cc3C)NC2=O)cc1. The zero-order valence-electron chi connectivity index (χ0n) is 14.5. The highest BCUT2D eigenvalue weighted by Gasteiger charge is 2.23. The average Bonchev–Trinajstić information content (AvgIpc) is 2.92. The monoisotopic (exact) mass is 352 g/mol. The van der Waals surface area contributed by atoms with Gasteiger partial charge in [0.25, 0.3) is 5.91 Å². The first-order chi connectivity index (χ1) is 12.0. The third-order valence-corrected chi connectivity index (χ3v) is 4.62. The predicted molar refractivity (Wildman–Crippen MR) is 104 cm³/mol. The summed E-state index contributed by atoms with van der Waals surface area (Å²) < 4.78 is 5.43. The van der Waals surface area contributed by atoms with Crippen LogP contribution in [0.4, 0.5) is 5.69 Å². The molecule has 0 spiro atoms. The van der Waals surface area contributed by atoms with E-state index >= 15 is 0 Å². The molecule has 2 aromatic carbocycles. The highest BCUT2D eigenvalue weighted by molar-refractivity contribution is 8.18. The number of aliphatic imine (C=N–C) groups is 1. The minimum atomic E-state index is -0.123. The third kappa shape index (κ3) is 4.31. The van der Waals surface area contributed by atoms with Crippen LogP contribution in [0.1, 0.15) is 23.6 Å². The summed E-state index contributed by atoms with van der Waals surface area (Å²) in [6.07, 6.45) is 1.86. The van der Waals surface area contributed by atoms with Gasteiger partial charge in [-0.05, 0) is 67.9 Å². The summed E-state index contributed by atoms with van der Waals surface area (Å²) in [4.78, 5) is 17.4. The van der Waals surface area contributed by atoms with Crippen molar-refractivity contribution in [2.24, 2.45) is 4.99 Å². The largest absolute Gasteiger partial charge is 0.494 e. The molecule has 0 unspecified atom stereocenters. The van der Waals surface area contributed by atoms with Gasteiger partial charge < -0.3 is 10.1 Å². The summed E-state index contributed by atoms with van der Waals surface area (Å²) in [6, 6.07) is 13.7. The molecule has 1 amide bonds. The standard InChI is InChI=1S/C20H20N2O2S/c1-4-24-16-8-6-15(7-9-16)12-18-19(23)22-20(25-18)21-17-10-5-13(2)11-14(17)3/h5-12H,4H2,1-3H3,(H,21,22,23)/b18-12-. The summed E-state index contributed by atoms with van der Waals surface area (Å²) in [6.45, 7) is 6.65. The smallest absolute Gasteiger partial charge is 0.264 e. The molecule has 1 heterocycles. The van der Waals surface area contributed by atoms with E-state index < -0.39 is 0 Å². The second kappa shape index (κ2) is 7.57. The van der Waals surface area contributed by atoms with Gasteiger partial charge in [-0.25, -0.2) is 4.99 Å². The van der Waals surface area contributed by atoms with E-state index in [4.69, 9.17) is 4.74 Å². The van der Waals surface area contributed by atoms with Crippen molar-refractivity contribution in [3.05, 3.63) is 64.1 Å². The molecule has 0 atom stereocenters. The molecule has 1 aliphatic heterocycles. The summed E-state index contributed by atoms with van der Waals surface area (Å²) in [5, 5.41) is 3.43. The highest BCUT2D eigenvalue weighted by Crippen LogP contribution is 2.29. The van der Waals surface area contributed by atoms with E-state index in [1.54, 1.807) is 0 Å². The van der Waals surface area contributed by atoms with Gasteiger partial charge in [-0.15, -0.1) is 0 Å². The summed E-state index contributed by atoms with van der Waals surface area (Å²) in [7, 11) is 0. The van der Waals surface area contributed by atoms with Crippen molar-refractivity contribution in [1.29, 1.82) is 0 Å². The Labute approximate surface area is 152 Å². The molecule has 0 bridgehead atoms. The molecule has 5 heteroatoms. The molecule has 2 aromatic rings. The summed E-state index contributed by atoms with van der Waals surface area (Å²) >= 11 is 1.36. The quantitative estimate of drug-likeness (QED) is 0.819. The van der Waals surface area contributed by atoms with Crippen LogP contribution in [0.25, 0.3) is 6.08 Å². The van der Waals surface area contributed by atoms with Gasteiger partial charge in [-0.2, -0.15) is 0 Å². The van der Waals surface area contributed by atoms with Crippen molar-refractivity contribution in [2.75, 3.05) is 6.61 Å². The number of thioether (sulfide) groups is 1. The first kappa shape index (κ1) is 17.3. The number of amides is 1. The average molecular weight is 352 g/mol. The van der Waals surface area contributed by atoms with E-state index in [0.29, 0.717) is 16.7 Å². The molecule has 0 radical (unpaired) electrons. The van der Waals surface area contributed by atoms with Crippen molar-refractivity contribution in [2.45, 2.75) is 20.8 Å². The molecule has 0 aromatic heterocycles. The van der Waals surface area contributed by atoms with Crippen LogP contribution in [0.2, 0.25) is 0 Å². The lowest BCUT2D eigenvalue weighted by atomic mass is 10.1. The first-order valence-corrected chi connectivity index (χ1v) is 8.96. The number of carbonyl (C=O) groups excluding carboxylic acids is 1. The zero-order valence-corrected chi connectivity index (χ0v) is 15.3. The van der Waals surface area contributed by atoms with E-state index in [1.165, 1.54) is 17.3 Å². The maximum absolute atomic E-state index is 12.2. The molecule has 3 rings (SSSR count). The molecule has 1 saturated heterocycles. The van der Waals surface area contributed by atoms with E-state index in [0.717, 1.165) is 22.6 Å². The van der Waals surface area contributed by atoms with E-state index in [2.05, 4.69) is 16.4 Å². The molecule has 128 valence electrons. The number of rotatable bonds is 4. The molecular formula is C20H20N2O2S. The maximum Gasteiger partial charge on any atom is 0.264 e.